The maximum atomic E-state index is 13.3. The monoisotopic (exact) mass is 516 g/mol. The maximum Gasteiger partial charge on any atom is 0.433 e. The highest BCUT2D eigenvalue weighted by molar-refractivity contribution is 6.33. The van der Waals surface area contributed by atoms with E-state index < -0.39 is 29.8 Å². The van der Waals surface area contributed by atoms with E-state index in [1.807, 2.05) is 0 Å². The number of nitriles is 1. The van der Waals surface area contributed by atoms with E-state index >= 15 is 0 Å². The summed E-state index contributed by atoms with van der Waals surface area (Å²) < 4.78 is 39.1. The van der Waals surface area contributed by atoms with Crippen LogP contribution < -0.4 is 10.2 Å². The summed E-state index contributed by atoms with van der Waals surface area (Å²) in [4.78, 5) is 29.5. The molecule has 0 fully saturated rings. The first-order chi connectivity index (χ1) is 17.0. The fraction of sp³-hybridized carbons (Fsp3) is 0.200. The van der Waals surface area contributed by atoms with Crippen LogP contribution in [0.4, 0.5) is 24.5 Å². The molecule has 1 amide bonds. The predicted octanol–water partition coefficient (Wildman–Crippen LogP) is 5.84. The van der Waals surface area contributed by atoms with Crippen LogP contribution in [0.5, 0.6) is 0 Å². The molecule has 0 bridgehead atoms. The van der Waals surface area contributed by atoms with Gasteiger partial charge in [0.25, 0.3) is 5.91 Å². The lowest BCUT2D eigenvalue weighted by molar-refractivity contribution is -0.141. The van der Waals surface area contributed by atoms with Gasteiger partial charge in [-0.25, -0.2) is 4.79 Å². The molecule has 0 saturated carbocycles. The number of benzene rings is 2. The number of carboxylic acids is 1. The van der Waals surface area contributed by atoms with Gasteiger partial charge in [0, 0.05) is 35.0 Å². The molecule has 1 unspecified atom stereocenters. The average molecular weight is 517 g/mol. The Balaban J connectivity index is 2.00. The van der Waals surface area contributed by atoms with Gasteiger partial charge >= 0.3 is 12.1 Å². The third-order valence-electron chi connectivity index (χ3n) is 5.42. The smallest absolute Gasteiger partial charge is 0.433 e. The van der Waals surface area contributed by atoms with E-state index in [1.165, 1.54) is 30.1 Å². The molecule has 1 heterocycles. The molecule has 36 heavy (non-hydrogen) atoms. The Morgan fingerprint density at radius 2 is 1.89 bits per heavy atom. The Bertz CT molecular complexity index is 1360. The van der Waals surface area contributed by atoms with E-state index in [-0.39, 0.29) is 27.3 Å². The zero-order valence-corrected chi connectivity index (χ0v) is 19.9. The lowest BCUT2D eigenvalue weighted by Crippen LogP contribution is -2.31. The standard InChI is InChI=1S/C25H20ClF3N4O3/c1-3-19(24(35)36)32-20-6-4-5-7-21(20)33(2)23(34)14-8-9-18(26)16(10-14)17-13-31-22(25(27,28)29)11-15(17)12-30/h4-11,13,19,32H,3H2,1-2H3,(H,35,36). The summed E-state index contributed by atoms with van der Waals surface area (Å²) in [5.74, 6) is -1.54. The van der Waals surface area contributed by atoms with Crippen molar-refractivity contribution in [1.29, 1.82) is 5.26 Å². The molecule has 0 radical (unpaired) electrons. The number of hydrogen-bond acceptors (Lipinski definition) is 5. The molecule has 7 nitrogen and oxygen atoms in total. The van der Waals surface area contributed by atoms with Gasteiger partial charge in [-0.2, -0.15) is 18.4 Å². The molecule has 3 rings (SSSR count). The highest BCUT2D eigenvalue weighted by Crippen LogP contribution is 2.35. The topological polar surface area (TPSA) is 106 Å². The number of aliphatic carboxylic acids is 1. The molecular weight excluding hydrogens is 497 g/mol. The molecule has 0 aliphatic heterocycles. The third kappa shape index (κ3) is 5.58. The zero-order valence-electron chi connectivity index (χ0n) is 19.1. The SMILES string of the molecule is CCC(Nc1ccccc1N(C)C(=O)c1ccc(Cl)c(-c2cnc(C(F)(F)F)cc2C#N)c1)C(=O)O. The van der Waals surface area contributed by atoms with Gasteiger partial charge in [-0.3, -0.25) is 9.78 Å². The van der Waals surface area contributed by atoms with E-state index in [1.54, 1.807) is 37.3 Å². The van der Waals surface area contributed by atoms with E-state index in [9.17, 15) is 33.1 Å². The minimum atomic E-state index is -4.73. The van der Waals surface area contributed by atoms with Crippen LogP contribution in [0.2, 0.25) is 5.02 Å². The van der Waals surface area contributed by atoms with Crippen molar-refractivity contribution in [3.63, 3.8) is 0 Å². The lowest BCUT2D eigenvalue weighted by atomic mass is 9.99. The Hall–Kier alpha value is -4.10. The number of carbonyl (C=O) groups is 2. The Morgan fingerprint density at radius 1 is 1.19 bits per heavy atom. The predicted molar refractivity (Wildman–Crippen MR) is 129 cm³/mol. The number of nitrogens with zero attached hydrogens (tertiary/aromatic N) is 3. The highest BCUT2D eigenvalue weighted by Gasteiger charge is 2.33. The van der Waals surface area contributed by atoms with Crippen LogP contribution in [0, 0.1) is 11.3 Å². The third-order valence-corrected chi connectivity index (χ3v) is 5.75. The minimum absolute atomic E-state index is 0.0436. The fourth-order valence-corrected chi connectivity index (χ4v) is 3.72. The average Bonchev–Trinajstić information content (AvgIpc) is 2.85. The van der Waals surface area contributed by atoms with Crippen LogP contribution in [-0.4, -0.2) is 35.1 Å². The van der Waals surface area contributed by atoms with E-state index in [0.29, 0.717) is 23.9 Å². The molecule has 0 aliphatic rings. The number of rotatable bonds is 7. The molecule has 1 aromatic heterocycles. The number of pyridine rings is 1. The summed E-state index contributed by atoms with van der Waals surface area (Å²) in [7, 11) is 1.50. The van der Waals surface area contributed by atoms with Gasteiger partial charge in [0.05, 0.1) is 23.0 Å². The number of hydrogen-bond donors (Lipinski definition) is 2. The zero-order chi connectivity index (χ0) is 26.6. The molecule has 1 atom stereocenters. The first-order valence-electron chi connectivity index (χ1n) is 10.6. The van der Waals surface area contributed by atoms with Crippen molar-refractivity contribution in [2.45, 2.75) is 25.6 Å². The summed E-state index contributed by atoms with van der Waals surface area (Å²) in [5, 5.41) is 21.8. The lowest BCUT2D eigenvalue weighted by Gasteiger charge is -2.23. The molecule has 0 aliphatic carbocycles. The summed E-state index contributed by atoms with van der Waals surface area (Å²) in [6, 6.07) is 12.4. The molecule has 0 spiro atoms. The van der Waals surface area contributed by atoms with Crippen molar-refractivity contribution in [2.24, 2.45) is 0 Å². The highest BCUT2D eigenvalue weighted by atomic mass is 35.5. The van der Waals surface area contributed by atoms with Gasteiger partial charge in [0.1, 0.15) is 11.7 Å². The number of amides is 1. The van der Waals surface area contributed by atoms with Crippen molar-refractivity contribution >= 4 is 34.9 Å². The number of halogens is 4. The van der Waals surface area contributed by atoms with Gasteiger partial charge in [-0.1, -0.05) is 30.7 Å². The van der Waals surface area contributed by atoms with Gasteiger partial charge in [-0.05, 0) is 42.8 Å². The second-order valence-electron chi connectivity index (χ2n) is 7.74. The van der Waals surface area contributed by atoms with Gasteiger partial charge in [0.2, 0.25) is 0 Å². The van der Waals surface area contributed by atoms with E-state index in [0.717, 1.165) is 6.20 Å². The molecule has 11 heteroatoms. The van der Waals surface area contributed by atoms with Crippen molar-refractivity contribution in [2.75, 3.05) is 17.3 Å². The summed E-state index contributed by atoms with van der Waals surface area (Å²) >= 11 is 6.27. The second kappa shape index (κ2) is 10.7. The van der Waals surface area contributed by atoms with Crippen LogP contribution in [0.3, 0.4) is 0 Å². The summed E-state index contributed by atoms with van der Waals surface area (Å²) in [6.07, 6.45) is -3.52. The van der Waals surface area contributed by atoms with Gasteiger partial charge < -0.3 is 15.3 Å². The Kier molecular flexibility index (Phi) is 7.85. The number of aromatic nitrogens is 1. The number of alkyl halides is 3. The molecular formula is C25H20ClF3N4O3. The molecule has 2 N–H and O–H groups in total. The Morgan fingerprint density at radius 3 is 2.50 bits per heavy atom. The molecule has 2 aromatic carbocycles. The molecule has 0 saturated heterocycles. The van der Waals surface area contributed by atoms with Gasteiger partial charge in [0.15, 0.2) is 0 Å². The maximum absolute atomic E-state index is 13.3. The van der Waals surface area contributed by atoms with Crippen LogP contribution in [0.15, 0.2) is 54.7 Å². The van der Waals surface area contributed by atoms with E-state index in [2.05, 4.69) is 10.3 Å². The van der Waals surface area contributed by atoms with Crippen molar-refractivity contribution < 1.29 is 27.9 Å². The van der Waals surface area contributed by atoms with Crippen LogP contribution in [0.25, 0.3) is 11.1 Å². The van der Waals surface area contributed by atoms with E-state index in [4.69, 9.17) is 11.6 Å². The van der Waals surface area contributed by atoms with Crippen LogP contribution in [-0.2, 0) is 11.0 Å². The minimum Gasteiger partial charge on any atom is -0.480 e. The van der Waals surface area contributed by atoms with Crippen LogP contribution in [0.1, 0.15) is 35.0 Å². The van der Waals surface area contributed by atoms with Crippen molar-refractivity contribution in [3.8, 4) is 17.2 Å². The van der Waals surface area contributed by atoms with Crippen molar-refractivity contribution in [3.05, 3.63) is 76.6 Å². The number of para-hydroxylation sites is 2. The normalized spacial score (nSPS) is 11.9. The number of anilines is 2. The largest absolute Gasteiger partial charge is 0.480 e. The van der Waals surface area contributed by atoms with Crippen molar-refractivity contribution in [1.82, 2.24) is 4.98 Å². The number of nitrogens with one attached hydrogen (secondary N) is 1. The first kappa shape index (κ1) is 26.5. The second-order valence-corrected chi connectivity index (χ2v) is 8.15. The van der Waals surface area contributed by atoms with Gasteiger partial charge in [-0.15, -0.1) is 0 Å². The summed E-state index contributed by atoms with van der Waals surface area (Å²) in [6.45, 7) is 1.71. The van der Waals surface area contributed by atoms with Crippen LogP contribution >= 0.6 is 11.6 Å². The molecule has 186 valence electrons. The molecule has 3 aromatic rings. The number of carboxylic acid groups (broad SMARTS) is 1. The summed E-state index contributed by atoms with van der Waals surface area (Å²) in [5.41, 5.74) is -0.337. The quantitative estimate of drug-likeness (QED) is 0.408. The number of carbonyl (C=O) groups excluding carboxylic acids is 1. The first-order valence-corrected chi connectivity index (χ1v) is 11.0. The fourth-order valence-electron chi connectivity index (χ4n) is 3.50. The Labute approximate surface area is 209 Å².